The molecule has 0 saturated heterocycles. The minimum atomic E-state index is -0.749. The maximum absolute atomic E-state index is 12.7. The van der Waals surface area contributed by atoms with Crippen LogP contribution in [0.3, 0.4) is 0 Å². The normalized spacial score (nSPS) is 13.1. The fraction of sp³-hybridized carbons (Fsp3) is 0.600. The number of aryl methyl sites for hydroxylation is 2. The minimum absolute atomic E-state index is 0.168. The zero-order chi connectivity index (χ0) is 17.5. The lowest BCUT2D eigenvalue weighted by molar-refractivity contribution is -0.137. The fourth-order valence-corrected chi connectivity index (χ4v) is 3.31. The molecule has 132 valence electrons. The summed E-state index contributed by atoms with van der Waals surface area (Å²) in [5.41, 5.74) is 3.79. The number of hydrogen-bond acceptors (Lipinski definition) is 2. The molecule has 1 aromatic rings. The van der Waals surface area contributed by atoms with Gasteiger partial charge in [0.2, 0.25) is 5.91 Å². The maximum Gasteiger partial charge on any atom is 0.303 e. The number of aliphatic carboxylic acids is 1. The van der Waals surface area contributed by atoms with Gasteiger partial charge in [-0.05, 0) is 61.3 Å². The van der Waals surface area contributed by atoms with Gasteiger partial charge in [0.05, 0.1) is 0 Å². The zero-order valence-corrected chi connectivity index (χ0v) is 14.9. The topological polar surface area (TPSA) is 57.6 Å². The van der Waals surface area contributed by atoms with Crippen molar-refractivity contribution in [3.8, 4) is 0 Å². The Labute approximate surface area is 144 Å². The molecule has 4 heteroatoms. The van der Waals surface area contributed by atoms with Gasteiger partial charge in [-0.3, -0.25) is 9.59 Å². The maximum atomic E-state index is 12.7. The average Bonchev–Trinajstić information content (AvgIpc) is 2.97. The van der Waals surface area contributed by atoms with Crippen LogP contribution in [-0.4, -0.2) is 23.5 Å². The molecule has 24 heavy (non-hydrogen) atoms. The van der Waals surface area contributed by atoms with Crippen molar-refractivity contribution in [1.29, 1.82) is 0 Å². The molecule has 0 aromatic heterocycles. The van der Waals surface area contributed by atoms with Crippen LogP contribution in [-0.2, 0) is 22.4 Å². The van der Waals surface area contributed by atoms with Gasteiger partial charge < -0.3 is 10.0 Å². The van der Waals surface area contributed by atoms with Crippen molar-refractivity contribution in [3.05, 3.63) is 29.3 Å². The van der Waals surface area contributed by atoms with E-state index < -0.39 is 5.97 Å². The van der Waals surface area contributed by atoms with E-state index in [1.54, 1.807) is 0 Å². The standard InChI is InChI=1S/C20H29NO3/c1-15(2)13-19(22)21(12-5-3-4-9-20(23)24)18-11-10-16-7-6-8-17(16)14-18/h10-11,14-15H,3-9,12-13H2,1-2H3,(H,23,24). The van der Waals surface area contributed by atoms with Gasteiger partial charge in [-0.25, -0.2) is 0 Å². The molecule has 0 spiro atoms. The van der Waals surface area contributed by atoms with Crippen molar-refractivity contribution >= 4 is 17.6 Å². The molecule has 0 aliphatic heterocycles. The van der Waals surface area contributed by atoms with Gasteiger partial charge >= 0.3 is 5.97 Å². The van der Waals surface area contributed by atoms with Crippen LogP contribution >= 0.6 is 0 Å². The number of hydrogen-bond donors (Lipinski definition) is 1. The van der Waals surface area contributed by atoms with Crippen molar-refractivity contribution < 1.29 is 14.7 Å². The van der Waals surface area contributed by atoms with E-state index in [1.807, 2.05) is 4.90 Å². The third-order valence-corrected chi connectivity index (χ3v) is 4.55. The SMILES string of the molecule is CC(C)CC(=O)N(CCCCCC(=O)O)c1ccc2c(c1)CCC2. The lowest BCUT2D eigenvalue weighted by Crippen LogP contribution is -2.32. The van der Waals surface area contributed by atoms with Crippen LogP contribution in [0.15, 0.2) is 18.2 Å². The summed E-state index contributed by atoms with van der Waals surface area (Å²) in [4.78, 5) is 25.2. The molecule has 0 unspecified atom stereocenters. The number of benzene rings is 1. The quantitative estimate of drug-likeness (QED) is 0.690. The number of amides is 1. The van der Waals surface area contributed by atoms with Crippen LogP contribution in [0, 0.1) is 5.92 Å². The first-order valence-electron chi connectivity index (χ1n) is 9.11. The van der Waals surface area contributed by atoms with E-state index in [-0.39, 0.29) is 12.3 Å². The molecule has 0 fully saturated rings. The fourth-order valence-electron chi connectivity index (χ4n) is 3.31. The molecule has 0 atom stereocenters. The zero-order valence-electron chi connectivity index (χ0n) is 14.9. The Bertz CT molecular complexity index is 580. The third kappa shape index (κ3) is 5.36. The monoisotopic (exact) mass is 331 g/mol. The number of carboxylic acid groups (broad SMARTS) is 1. The van der Waals surface area contributed by atoms with E-state index in [4.69, 9.17) is 5.11 Å². The molecular formula is C20H29NO3. The van der Waals surface area contributed by atoms with Crippen LogP contribution < -0.4 is 4.90 Å². The van der Waals surface area contributed by atoms with Gasteiger partial charge in [-0.1, -0.05) is 26.3 Å². The number of carbonyl (C=O) groups is 2. The average molecular weight is 331 g/mol. The Morgan fingerprint density at radius 1 is 1.12 bits per heavy atom. The smallest absolute Gasteiger partial charge is 0.303 e. The van der Waals surface area contributed by atoms with Crippen molar-refractivity contribution in [2.75, 3.05) is 11.4 Å². The molecule has 4 nitrogen and oxygen atoms in total. The number of unbranched alkanes of at least 4 members (excludes halogenated alkanes) is 2. The third-order valence-electron chi connectivity index (χ3n) is 4.55. The van der Waals surface area contributed by atoms with E-state index in [9.17, 15) is 9.59 Å². The first-order chi connectivity index (χ1) is 11.5. The summed E-state index contributed by atoms with van der Waals surface area (Å²) < 4.78 is 0. The molecule has 1 aromatic carbocycles. The van der Waals surface area contributed by atoms with Gasteiger partial charge in [-0.2, -0.15) is 0 Å². The molecule has 0 saturated carbocycles. The summed E-state index contributed by atoms with van der Waals surface area (Å²) in [6, 6.07) is 6.41. The summed E-state index contributed by atoms with van der Waals surface area (Å²) in [5, 5.41) is 8.71. The van der Waals surface area contributed by atoms with Gasteiger partial charge in [-0.15, -0.1) is 0 Å². The predicted octanol–water partition coefficient (Wildman–Crippen LogP) is 4.20. The summed E-state index contributed by atoms with van der Waals surface area (Å²) in [7, 11) is 0. The Morgan fingerprint density at radius 3 is 2.58 bits per heavy atom. The number of anilines is 1. The van der Waals surface area contributed by atoms with Crippen molar-refractivity contribution in [2.24, 2.45) is 5.92 Å². The second-order valence-electron chi connectivity index (χ2n) is 7.15. The highest BCUT2D eigenvalue weighted by molar-refractivity contribution is 5.93. The van der Waals surface area contributed by atoms with Crippen LogP contribution in [0.25, 0.3) is 0 Å². The van der Waals surface area contributed by atoms with E-state index in [0.29, 0.717) is 25.3 Å². The van der Waals surface area contributed by atoms with Gasteiger partial charge in [0.25, 0.3) is 0 Å². The number of carboxylic acids is 1. The molecule has 1 amide bonds. The van der Waals surface area contributed by atoms with E-state index in [1.165, 1.54) is 17.5 Å². The molecule has 1 aliphatic rings. The lowest BCUT2D eigenvalue weighted by Gasteiger charge is -2.24. The largest absolute Gasteiger partial charge is 0.481 e. The highest BCUT2D eigenvalue weighted by Gasteiger charge is 2.19. The Balaban J connectivity index is 2.02. The van der Waals surface area contributed by atoms with E-state index in [2.05, 4.69) is 32.0 Å². The van der Waals surface area contributed by atoms with Crippen molar-refractivity contribution in [1.82, 2.24) is 0 Å². The van der Waals surface area contributed by atoms with Gasteiger partial charge in [0, 0.05) is 25.1 Å². The number of carbonyl (C=O) groups excluding carboxylic acids is 1. The molecule has 1 N–H and O–H groups in total. The Kier molecular flexibility index (Phi) is 6.83. The first-order valence-corrected chi connectivity index (χ1v) is 9.11. The van der Waals surface area contributed by atoms with Crippen molar-refractivity contribution in [2.45, 2.75) is 65.2 Å². The Morgan fingerprint density at radius 2 is 1.88 bits per heavy atom. The van der Waals surface area contributed by atoms with Crippen LogP contribution in [0.1, 0.15) is 63.5 Å². The van der Waals surface area contributed by atoms with Gasteiger partial charge in [0.1, 0.15) is 0 Å². The second kappa shape index (κ2) is 8.86. The van der Waals surface area contributed by atoms with Crippen LogP contribution in [0.4, 0.5) is 5.69 Å². The number of nitrogens with zero attached hydrogens (tertiary/aromatic N) is 1. The molecular weight excluding hydrogens is 302 g/mol. The summed E-state index contributed by atoms with van der Waals surface area (Å²) in [6.07, 6.45) is 6.56. The lowest BCUT2D eigenvalue weighted by atomic mass is 10.1. The van der Waals surface area contributed by atoms with E-state index in [0.717, 1.165) is 31.4 Å². The number of fused-ring (bicyclic) bond motifs is 1. The summed E-state index contributed by atoms with van der Waals surface area (Å²) >= 11 is 0. The highest BCUT2D eigenvalue weighted by atomic mass is 16.4. The summed E-state index contributed by atoms with van der Waals surface area (Å²) in [5.74, 6) is -0.246. The van der Waals surface area contributed by atoms with E-state index >= 15 is 0 Å². The minimum Gasteiger partial charge on any atom is -0.481 e. The van der Waals surface area contributed by atoms with Crippen LogP contribution in [0.2, 0.25) is 0 Å². The number of rotatable bonds is 9. The molecule has 1 aliphatic carbocycles. The Hall–Kier alpha value is -1.84. The predicted molar refractivity (Wildman–Crippen MR) is 96.4 cm³/mol. The van der Waals surface area contributed by atoms with Crippen molar-refractivity contribution in [3.63, 3.8) is 0 Å². The van der Waals surface area contributed by atoms with Gasteiger partial charge in [0.15, 0.2) is 0 Å². The molecule has 2 rings (SSSR count). The van der Waals surface area contributed by atoms with Crippen LogP contribution in [0.5, 0.6) is 0 Å². The summed E-state index contributed by atoms with van der Waals surface area (Å²) in [6.45, 7) is 4.79. The molecule has 0 heterocycles. The first kappa shape index (κ1) is 18.5. The highest BCUT2D eigenvalue weighted by Crippen LogP contribution is 2.28. The molecule has 0 bridgehead atoms. The second-order valence-corrected chi connectivity index (χ2v) is 7.15. The molecule has 0 radical (unpaired) electrons.